The summed E-state index contributed by atoms with van der Waals surface area (Å²) in [6, 6.07) is 57.0. The first-order valence-electron chi connectivity index (χ1n) is 30.8. The molecule has 4 atom stereocenters. The zero-order valence-corrected chi connectivity index (χ0v) is 48.7. The fourth-order valence-electron chi connectivity index (χ4n) is 24.8. The summed E-state index contributed by atoms with van der Waals surface area (Å²) in [5.41, 5.74) is 15.0. The molecule has 0 aromatic heterocycles. The molecule has 0 aliphatic heterocycles. The monoisotopic (exact) mass is 1040 g/mol. The lowest BCUT2D eigenvalue weighted by molar-refractivity contribution is -0.328. The zero-order valence-electron chi connectivity index (χ0n) is 48.7. The highest BCUT2D eigenvalue weighted by atomic mass is 14.8. The topological polar surface area (TPSA) is 0 Å². The second-order valence-corrected chi connectivity index (χ2v) is 31.7. The minimum absolute atomic E-state index is 0.121. The van der Waals surface area contributed by atoms with Gasteiger partial charge in [0.05, 0.1) is 0 Å². The zero-order chi connectivity index (χ0) is 54.5. The molecule has 0 heteroatoms. The Morgan fingerprint density at radius 1 is 0.225 bits per heavy atom. The summed E-state index contributed by atoms with van der Waals surface area (Å²) in [7, 11) is 0. The van der Waals surface area contributed by atoms with Crippen LogP contribution in [-0.4, -0.2) is 0 Å². The lowest BCUT2D eigenvalue weighted by atomic mass is 9.21. The lowest BCUT2D eigenvalue weighted by Gasteiger charge is -2.83. The van der Waals surface area contributed by atoms with Crippen LogP contribution in [-0.2, 0) is 10.8 Å². The van der Waals surface area contributed by atoms with Gasteiger partial charge in [0.1, 0.15) is 0 Å². The number of benzene rings is 6. The summed E-state index contributed by atoms with van der Waals surface area (Å²) in [6.45, 7) is 16.7. The summed E-state index contributed by atoms with van der Waals surface area (Å²) in [4.78, 5) is 0. The van der Waals surface area contributed by atoms with Crippen molar-refractivity contribution in [1.29, 1.82) is 0 Å². The minimum Gasteiger partial charge on any atom is -0.0622 e. The van der Waals surface area contributed by atoms with Crippen LogP contribution in [0.25, 0.3) is 0 Å². The molecule has 12 aliphatic rings. The molecule has 12 saturated carbocycles. The van der Waals surface area contributed by atoms with Crippen molar-refractivity contribution in [3.8, 4) is 47.4 Å². The fourth-order valence-corrected chi connectivity index (χ4v) is 24.8. The average Bonchev–Trinajstić information content (AvgIpc) is 1.46. The van der Waals surface area contributed by atoms with Crippen LogP contribution in [0.3, 0.4) is 0 Å². The Morgan fingerprint density at radius 2 is 0.475 bits per heavy atom. The highest BCUT2D eigenvalue weighted by molar-refractivity contribution is 5.59. The molecular weight excluding hydrogens is 961 g/mol. The van der Waals surface area contributed by atoms with Crippen LogP contribution in [0.1, 0.15) is 213 Å². The van der Waals surface area contributed by atoms with Crippen molar-refractivity contribution in [2.75, 3.05) is 0 Å². The molecule has 80 heavy (non-hydrogen) atoms. The Kier molecular flexibility index (Phi) is 10.8. The summed E-state index contributed by atoms with van der Waals surface area (Å²) in [5, 5.41) is 0. The van der Waals surface area contributed by atoms with E-state index in [-0.39, 0.29) is 10.8 Å². The van der Waals surface area contributed by atoms with E-state index >= 15 is 0 Å². The third-order valence-corrected chi connectivity index (χ3v) is 23.7. The first-order valence-corrected chi connectivity index (χ1v) is 30.8. The van der Waals surface area contributed by atoms with E-state index in [1.54, 1.807) is 11.1 Å². The maximum absolute atomic E-state index is 3.74. The molecule has 0 nitrogen and oxygen atoms in total. The van der Waals surface area contributed by atoms with Crippen molar-refractivity contribution in [2.24, 2.45) is 54.1 Å². The Labute approximate surface area is 480 Å². The minimum atomic E-state index is 0.121. The molecule has 0 spiro atoms. The molecule has 0 radical (unpaired) electrons. The molecular formula is C80H80. The van der Waals surface area contributed by atoms with Crippen LogP contribution in [0.15, 0.2) is 158 Å². The summed E-state index contributed by atoms with van der Waals surface area (Å²) >= 11 is 0. The molecule has 0 saturated heterocycles. The molecule has 4 unspecified atom stereocenters. The van der Waals surface area contributed by atoms with E-state index in [4.69, 9.17) is 0 Å². The van der Waals surface area contributed by atoms with Crippen LogP contribution < -0.4 is 0 Å². The largest absolute Gasteiger partial charge is 0.0622 e. The molecule has 0 N–H and O–H groups in total. The van der Waals surface area contributed by atoms with E-state index in [0.717, 1.165) is 44.5 Å². The normalized spacial score (nSPS) is 39.7. The molecule has 6 aromatic carbocycles. The van der Waals surface area contributed by atoms with Crippen molar-refractivity contribution in [3.05, 3.63) is 213 Å². The average molecular weight is 1040 g/mol. The van der Waals surface area contributed by atoms with E-state index in [2.05, 4.69) is 247 Å². The van der Waals surface area contributed by atoms with Crippen LogP contribution in [0, 0.1) is 102 Å². The molecule has 18 rings (SSSR count). The van der Waals surface area contributed by atoms with Gasteiger partial charge in [-0.3, -0.25) is 0 Å². The van der Waals surface area contributed by atoms with Gasteiger partial charge < -0.3 is 0 Å². The third kappa shape index (κ3) is 8.11. The lowest BCUT2D eigenvalue weighted by Crippen LogP contribution is -2.74. The van der Waals surface area contributed by atoms with Gasteiger partial charge in [-0.25, -0.2) is 0 Å². The van der Waals surface area contributed by atoms with E-state index in [1.165, 1.54) is 116 Å². The smallest absolute Gasteiger partial charge is 0.0408 e. The molecule has 400 valence electrons. The van der Waals surface area contributed by atoms with Crippen LogP contribution in [0.5, 0.6) is 0 Å². The Bertz CT molecular complexity index is 3470. The molecule has 0 heterocycles. The standard InChI is InChI=1S/C80H80/c1-69-41-70(2)45-75(44-69,67-37-35-63(31-27-59-19-11-7-12-20-59)65(39-67)33-29-61-23-15-9-16-24-61)56-77(48-69,49-70)79-52-73(5)43-74(6,53-79)55-80(54-73,58-79)78-50-71(3)42-72(4,51-78)47-76(46-71,57-78)68-38-36-64(32-28-60-21-13-8-14-22-60)66(40-68)34-30-62-25-17-10-18-26-62/h7-26,35-40H,41-58H2,1-6H3. The van der Waals surface area contributed by atoms with Gasteiger partial charge in [-0.1, -0.05) is 174 Å². The van der Waals surface area contributed by atoms with E-state index in [0.29, 0.717) is 54.1 Å². The van der Waals surface area contributed by atoms with E-state index in [9.17, 15) is 0 Å². The SMILES string of the molecule is CC12CC3(C)CC(c4ccc(C#Cc5ccccc5)c(C#Cc5ccccc5)c4)(C1)CC(C14CC5(C)CC(C)(C1)CC(C16CC7(C)CC(C)(CC(c8ccc(C#Cc9ccccc9)c(C#Cc9ccccc9)c8)(C7)C1)C6)(C5)C4)(C2)C3. The Hall–Kier alpha value is -6.44. The molecule has 12 aliphatic carbocycles. The van der Waals surface area contributed by atoms with Crippen molar-refractivity contribution in [1.82, 2.24) is 0 Å². The van der Waals surface area contributed by atoms with Crippen LogP contribution in [0.2, 0.25) is 0 Å². The maximum atomic E-state index is 3.74. The van der Waals surface area contributed by atoms with Crippen molar-refractivity contribution in [2.45, 2.75) is 168 Å². The van der Waals surface area contributed by atoms with Gasteiger partial charge >= 0.3 is 0 Å². The first kappa shape index (κ1) is 50.5. The van der Waals surface area contributed by atoms with Gasteiger partial charge in [-0.05, 0) is 264 Å². The first-order chi connectivity index (χ1) is 38.3. The second-order valence-electron chi connectivity index (χ2n) is 31.7. The summed E-state index contributed by atoms with van der Waals surface area (Å²) in [5.74, 6) is 29.0. The van der Waals surface area contributed by atoms with Crippen LogP contribution in [0.4, 0.5) is 0 Å². The third-order valence-electron chi connectivity index (χ3n) is 23.7. The predicted octanol–water partition coefficient (Wildman–Crippen LogP) is 18.6. The van der Waals surface area contributed by atoms with Gasteiger partial charge in [0.15, 0.2) is 0 Å². The van der Waals surface area contributed by atoms with Crippen LogP contribution >= 0.6 is 0 Å². The van der Waals surface area contributed by atoms with Crippen molar-refractivity contribution in [3.63, 3.8) is 0 Å². The van der Waals surface area contributed by atoms with Crippen molar-refractivity contribution >= 4 is 0 Å². The van der Waals surface area contributed by atoms with Crippen molar-refractivity contribution < 1.29 is 0 Å². The number of hydrogen-bond acceptors (Lipinski definition) is 0. The molecule has 12 bridgehead atoms. The highest BCUT2D eigenvalue weighted by Crippen LogP contribution is 2.90. The van der Waals surface area contributed by atoms with Gasteiger partial charge in [-0.15, -0.1) is 0 Å². The summed E-state index contributed by atoms with van der Waals surface area (Å²) < 4.78 is 0. The highest BCUT2D eigenvalue weighted by Gasteiger charge is 2.80. The molecule has 6 aromatic rings. The van der Waals surface area contributed by atoms with Gasteiger partial charge in [0.2, 0.25) is 0 Å². The van der Waals surface area contributed by atoms with Gasteiger partial charge in [-0.2, -0.15) is 0 Å². The summed E-state index contributed by atoms with van der Waals surface area (Å²) in [6.07, 6.45) is 24.9. The Balaban J connectivity index is 0.838. The molecule has 12 fully saturated rings. The van der Waals surface area contributed by atoms with Gasteiger partial charge in [0.25, 0.3) is 0 Å². The fraction of sp³-hybridized carbons (Fsp3) is 0.450. The van der Waals surface area contributed by atoms with E-state index < -0.39 is 0 Å². The van der Waals surface area contributed by atoms with E-state index in [1.807, 2.05) is 0 Å². The number of rotatable bonds is 4. The molecule has 0 amide bonds. The number of hydrogen-bond donors (Lipinski definition) is 0. The predicted molar refractivity (Wildman–Crippen MR) is 327 cm³/mol. The Morgan fingerprint density at radius 3 is 0.762 bits per heavy atom. The quantitative estimate of drug-likeness (QED) is 0.154. The second kappa shape index (κ2) is 17.1. The maximum Gasteiger partial charge on any atom is 0.0408 e. The van der Waals surface area contributed by atoms with Gasteiger partial charge in [0, 0.05) is 44.5 Å².